The van der Waals surface area contributed by atoms with Crippen molar-refractivity contribution in [1.29, 1.82) is 0 Å². The van der Waals surface area contributed by atoms with Crippen LogP contribution in [0, 0.1) is 5.92 Å². The number of carbonyl (C=O) groups excluding carboxylic acids is 1. The smallest absolute Gasteiger partial charge is 0.0698 e. The number of para-hydroxylation sites is 1. The van der Waals surface area contributed by atoms with Gasteiger partial charge >= 0.3 is 0 Å². The maximum atomic E-state index is 11.3. The quantitative estimate of drug-likeness (QED) is 0.799. The second-order valence-electron chi connectivity index (χ2n) is 5.03. The van der Waals surface area contributed by atoms with Crippen LogP contribution in [-0.2, 0) is 11.2 Å². The first-order valence-corrected chi connectivity index (χ1v) is 6.48. The molecule has 0 radical (unpaired) electrons. The number of benzene rings is 1. The lowest BCUT2D eigenvalue weighted by atomic mass is 9.78. The normalized spacial score (nSPS) is 28.4. The molecule has 0 spiro atoms. The van der Waals surface area contributed by atoms with Crippen LogP contribution in [0.4, 0.5) is 5.69 Å². The average Bonchev–Trinajstić information content (AvgIpc) is 2.86. The third-order valence-electron chi connectivity index (χ3n) is 4.12. The first kappa shape index (κ1) is 11.3. The van der Waals surface area contributed by atoms with Crippen molar-refractivity contribution in [2.45, 2.75) is 31.7 Å². The summed E-state index contributed by atoms with van der Waals surface area (Å²) in [6.07, 6.45) is 5.93. The molecule has 0 saturated carbocycles. The summed E-state index contributed by atoms with van der Waals surface area (Å²) >= 11 is 0. The van der Waals surface area contributed by atoms with Crippen molar-refractivity contribution in [3.63, 3.8) is 0 Å². The Bertz CT molecular complexity index is 521. The van der Waals surface area contributed by atoms with Crippen molar-refractivity contribution in [1.82, 2.24) is 0 Å². The molecule has 1 aromatic rings. The molecule has 1 aliphatic heterocycles. The summed E-state index contributed by atoms with van der Waals surface area (Å²) in [4.78, 5) is 11.3. The average molecular weight is 242 g/mol. The molecule has 0 saturated heterocycles. The van der Waals surface area contributed by atoms with Gasteiger partial charge in [0, 0.05) is 11.6 Å². The maximum absolute atomic E-state index is 11.3. The molecule has 0 amide bonds. The number of allylic oxidation sites excluding steroid dienone is 2. The van der Waals surface area contributed by atoms with Gasteiger partial charge in [-0.15, -0.1) is 0 Å². The van der Waals surface area contributed by atoms with Crippen LogP contribution in [0.1, 0.15) is 30.4 Å². The molecule has 0 unspecified atom stereocenters. The summed E-state index contributed by atoms with van der Waals surface area (Å²) < 4.78 is 0. The van der Waals surface area contributed by atoms with Gasteiger partial charge in [-0.05, 0) is 29.9 Å². The predicted octanol–water partition coefficient (Wildman–Crippen LogP) is 1.45. The molecule has 3 nitrogen and oxygen atoms in total. The zero-order valence-electron chi connectivity index (χ0n) is 10.3. The van der Waals surface area contributed by atoms with E-state index >= 15 is 0 Å². The standard InChI is InChI=1S/C15H17NO2/c1-2-9-5-3-7-11-10-6-4-8-12(10)14(15(17)18)16-13(9)11/h3-7,10,12,14,16H,2,8H2,1H3,(H,17,18)/p-1/t10-,12-,14+/m1/s1. The number of rotatable bonds is 2. The number of hydrogen-bond donors (Lipinski definition) is 1. The minimum Gasteiger partial charge on any atom is -0.548 e. The third-order valence-corrected chi connectivity index (χ3v) is 4.12. The molecule has 1 aromatic carbocycles. The summed E-state index contributed by atoms with van der Waals surface area (Å²) in [5.41, 5.74) is 3.41. The lowest BCUT2D eigenvalue weighted by Crippen LogP contribution is -2.49. The Morgan fingerprint density at radius 2 is 2.33 bits per heavy atom. The summed E-state index contributed by atoms with van der Waals surface area (Å²) in [5, 5.41) is 14.5. The van der Waals surface area contributed by atoms with Crippen LogP contribution in [-0.4, -0.2) is 12.0 Å². The molecule has 3 rings (SSSR count). The number of carboxylic acids is 1. The minimum atomic E-state index is -0.995. The van der Waals surface area contributed by atoms with E-state index in [-0.39, 0.29) is 11.8 Å². The van der Waals surface area contributed by atoms with Crippen LogP contribution in [0.25, 0.3) is 0 Å². The third kappa shape index (κ3) is 1.54. The Labute approximate surface area is 107 Å². The van der Waals surface area contributed by atoms with E-state index in [4.69, 9.17) is 0 Å². The van der Waals surface area contributed by atoms with Crippen LogP contribution >= 0.6 is 0 Å². The highest BCUT2D eigenvalue weighted by Gasteiger charge is 2.38. The number of aryl methyl sites for hydroxylation is 1. The van der Waals surface area contributed by atoms with Crippen molar-refractivity contribution >= 4 is 11.7 Å². The maximum Gasteiger partial charge on any atom is 0.0698 e. The van der Waals surface area contributed by atoms with Crippen LogP contribution in [0.15, 0.2) is 30.4 Å². The van der Waals surface area contributed by atoms with E-state index in [0.717, 1.165) is 18.5 Å². The van der Waals surface area contributed by atoms with Gasteiger partial charge < -0.3 is 15.2 Å². The fraction of sp³-hybridized carbons (Fsp3) is 0.400. The van der Waals surface area contributed by atoms with E-state index in [1.165, 1.54) is 11.1 Å². The lowest BCUT2D eigenvalue weighted by Gasteiger charge is -2.38. The van der Waals surface area contributed by atoms with E-state index in [9.17, 15) is 9.90 Å². The molecule has 3 atom stereocenters. The van der Waals surface area contributed by atoms with Gasteiger partial charge in [0.05, 0.1) is 12.0 Å². The number of carboxylic acid groups (broad SMARTS) is 1. The van der Waals surface area contributed by atoms with Gasteiger partial charge in [0.15, 0.2) is 0 Å². The molecule has 1 heterocycles. The fourth-order valence-corrected chi connectivity index (χ4v) is 3.21. The van der Waals surface area contributed by atoms with Crippen LogP contribution < -0.4 is 10.4 Å². The summed E-state index contributed by atoms with van der Waals surface area (Å²) in [5.74, 6) is -0.685. The zero-order chi connectivity index (χ0) is 12.7. The summed E-state index contributed by atoms with van der Waals surface area (Å²) in [6.45, 7) is 2.09. The Hall–Kier alpha value is -1.77. The van der Waals surface area contributed by atoms with Crippen molar-refractivity contribution in [2.24, 2.45) is 5.92 Å². The summed E-state index contributed by atoms with van der Waals surface area (Å²) in [7, 11) is 0. The lowest BCUT2D eigenvalue weighted by molar-refractivity contribution is -0.308. The summed E-state index contributed by atoms with van der Waals surface area (Å²) in [6, 6.07) is 5.63. The van der Waals surface area contributed by atoms with Gasteiger partial charge in [-0.1, -0.05) is 37.3 Å². The van der Waals surface area contributed by atoms with Crippen LogP contribution in [0.5, 0.6) is 0 Å². The van der Waals surface area contributed by atoms with E-state index in [1.54, 1.807) is 0 Å². The molecule has 94 valence electrons. The van der Waals surface area contributed by atoms with Crippen LogP contribution in [0.2, 0.25) is 0 Å². The van der Waals surface area contributed by atoms with E-state index in [2.05, 4.69) is 42.6 Å². The second-order valence-corrected chi connectivity index (χ2v) is 5.03. The Morgan fingerprint density at radius 3 is 3.06 bits per heavy atom. The van der Waals surface area contributed by atoms with E-state index in [1.807, 2.05) is 0 Å². The molecular formula is C15H16NO2-. The van der Waals surface area contributed by atoms with Gasteiger partial charge in [0.2, 0.25) is 0 Å². The Morgan fingerprint density at radius 1 is 1.50 bits per heavy atom. The molecule has 1 N–H and O–H groups in total. The Kier molecular flexibility index (Phi) is 2.62. The molecule has 0 fully saturated rings. The van der Waals surface area contributed by atoms with Gasteiger partial charge in [-0.3, -0.25) is 0 Å². The minimum absolute atomic E-state index is 0.0922. The fourth-order valence-electron chi connectivity index (χ4n) is 3.21. The highest BCUT2D eigenvalue weighted by Crippen LogP contribution is 2.45. The molecule has 3 heteroatoms. The molecule has 0 bridgehead atoms. The van der Waals surface area contributed by atoms with Crippen molar-refractivity contribution < 1.29 is 9.90 Å². The Balaban J connectivity index is 2.11. The molecule has 18 heavy (non-hydrogen) atoms. The highest BCUT2D eigenvalue weighted by molar-refractivity contribution is 5.80. The number of aliphatic carboxylic acids is 1. The number of fused-ring (bicyclic) bond motifs is 3. The monoisotopic (exact) mass is 242 g/mol. The van der Waals surface area contributed by atoms with Gasteiger partial charge in [0.1, 0.15) is 0 Å². The molecule has 1 aliphatic carbocycles. The molecule has 2 aliphatic rings. The van der Waals surface area contributed by atoms with Crippen LogP contribution in [0.3, 0.4) is 0 Å². The second kappa shape index (κ2) is 4.16. The van der Waals surface area contributed by atoms with Crippen molar-refractivity contribution in [2.75, 3.05) is 5.32 Å². The number of hydrogen-bond acceptors (Lipinski definition) is 3. The van der Waals surface area contributed by atoms with Gasteiger partial charge in [-0.25, -0.2) is 0 Å². The number of carbonyl (C=O) groups is 1. The van der Waals surface area contributed by atoms with E-state index in [0.29, 0.717) is 0 Å². The SMILES string of the molecule is CCc1cccc2c1N[C@H](C(=O)[O-])[C@@H]1CC=C[C@H]21. The molecular weight excluding hydrogens is 226 g/mol. The first-order valence-electron chi connectivity index (χ1n) is 6.48. The highest BCUT2D eigenvalue weighted by atomic mass is 16.4. The zero-order valence-corrected chi connectivity index (χ0v) is 10.3. The predicted molar refractivity (Wildman–Crippen MR) is 68.2 cm³/mol. The van der Waals surface area contributed by atoms with Crippen molar-refractivity contribution in [3.8, 4) is 0 Å². The number of nitrogens with one attached hydrogen (secondary N) is 1. The van der Waals surface area contributed by atoms with Crippen molar-refractivity contribution in [3.05, 3.63) is 41.5 Å². The van der Waals surface area contributed by atoms with E-state index < -0.39 is 12.0 Å². The topological polar surface area (TPSA) is 52.2 Å². The largest absolute Gasteiger partial charge is 0.548 e. The van der Waals surface area contributed by atoms with Gasteiger partial charge in [0.25, 0.3) is 0 Å². The van der Waals surface area contributed by atoms with Gasteiger partial charge in [-0.2, -0.15) is 0 Å². The number of anilines is 1. The first-order chi connectivity index (χ1) is 8.72. The molecule has 0 aromatic heterocycles.